The van der Waals surface area contributed by atoms with E-state index in [1.807, 2.05) is 61.5 Å². The van der Waals surface area contributed by atoms with Gasteiger partial charge >= 0.3 is 0 Å². The summed E-state index contributed by atoms with van der Waals surface area (Å²) in [6.07, 6.45) is 0. The van der Waals surface area contributed by atoms with Crippen LogP contribution in [0.4, 0.5) is 14.5 Å². The van der Waals surface area contributed by atoms with E-state index in [0.717, 1.165) is 17.2 Å². The lowest BCUT2D eigenvalue weighted by Crippen LogP contribution is -2.26. The van der Waals surface area contributed by atoms with Crippen molar-refractivity contribution in [3.05, 3.63) is 101 Å². The molecule has 0 aliphatic rings. The van der Waals surface area contributed by atoms with Gasteiger partial charge in [0.2, 0.25) is 0 Å². The van der Waals surface area contributed by atoms with Crippen molar-refractivity contribution < 1.29 is 8.78 Å². The average molecular weight is 338 g/mol. The molecular weight excluding hydrogens is 318 g/mol. The summed E-state index contributed by atoms with van der Waals surface area (Å²) in [5, 5.41) is 3.50. The molecule has 0 bridgehead atoms. The maximum absolute atomic E-state index is 13.6. The molecule has 0 aromatic heterocycles. The predicted molar refractivity (Wildman–Crippen MR) is 97.0 cm³/mol. The van der Waals surface area contributed by atoms with Crippen LogP contribution in [0.2, 0.25) is 0 Å². The van der Waals surface area contributed by atoms with Gasteiger partial charge in [-0.2, -0.15) is 0 Å². The number of anilines is 1. The summed E-state index contributed by atoms with van der Waals surface area (Å²) >= 11 is 0. The van der Waals surface area contributed by atoms with Gasteiger partial charge in [-0.15, -0.1) is 0 Å². The van der Waals surface area contributed by atoms with Crippen LogP contribution in [0.25, 0.3) is 0 Å². The Hall–Kier alpha value is -2.72. The van der Waals surface area contributed by atoms with E-state index < -0.39 is 11.6 Å². The molecule has 25 heavy (non-hydrogen) atoms. The van der Waals surface area contributed by atoms with Crippen molar-refractivity contribution in [2.45, 2.75) is 19.0 Å². The summed E-state index contributed by atoms with van der Waals surface area (Å²) in [5.41, 5.74) is 9.39. The van der Waals surface area contributed by atoms with Crippen LogP contribution < -0.4 is 11.1 Å². The molecule has 4 heteroatoms. The first kappa shape index (κ1) is 17.1. The van der Waals surface area contributed by atoms with Gasteiger partial charge in [0, 0.05) is 11.7 Å². The first-order valence-electron chi connectivity index (χ1n) is 8.16. The topological polar surface area (TPSA) is 38.0 Å². The van der Waals surface area contributed by atoms with Crippen LogP contribution in [-0.4, -0.2) is 0 Å². The number of hydrogen-bond donors (Lipinski definition) is 2. The van der Waals surface area contributed by atoms with Gasteiger partial charge in [-0.25, -0.2) is 8.78 Å². The summed E-state index contributed by atoms with van der Waals surface area (Å²) in [6.45, 7) is 1.93. The Labute approximate surface area is 146 Å². The zero-order valence-corrected chi connectivity index (χ0v) is 13.9. The van der Waals surface area contributed by atoms with E-state index in [0.29, 0.717) is 11.3 Å². The summed E-state index contributed by atoms with van der Waals surface area (Å²) < 4.78 is 26.7. The molecule has 2 unspecified atom stereocenters. The second-order valence-electron chi connectivity index (χ2n) is 6.08. The molecule has 3 rings (SSSR count). The minimum Gasteiger partial charge on any atom is -0.399 e. The Bertz CT molecular complexity index is 850. The Balaban J connectivity index is 1.93. The molecule has 0 saturated carbocycles. The first-order valence-corrected chi connectivity index (χ1v) is 8.16. The summed E-state index contributed by atoms with van der Waals surface area (Å²) in [6, 6.07) is 21.3. The van der Waals surface area contributed by atoms with Gasteiger partial charge in [0.15, 0.2) is 11.6 Å². The largest absolute Gasteiger partial charge is 0.399 e. The monoisotopic (exact) mass is 338 g/mol. The fourth-order valence-corrected chi connectivity index (χ4v) is 2.90. The van der Waals surface area contributed by atoms with Crippen molar-refractivity contribution in [3.63, 3.8) is 0 Å². The molecule has 0 fully saturated rings. The molecule has 128 valence electrons. The summed E-state index contributed by atoms with van der Waals surface area (Å²) in [5.74, 6) is -1.68. The van der Waals surface area contributed by atoms with Crippen molar-refractivity contribution in [2.24, 2.45) is 0 Å². The molecular formula is C21H20F2N2. The Morgan fingerprint density at radius 3 is 2.16 bits per heavy atom. The van der Waals surface area contributed by atoms with Crippen molar-refractivity contribution in [1.82, 2.24) is 5.32 Å². The summed E-state index contributed by atoms with van der Waals surface area (Å²) in [7, 11) is 0. The van der Waals surface area contributed by atoms with Gasteiger partial charge in [-0.1, -0.05) is 48.5 Å². The normalized spacial score (nSPS) is 13.4. The molecule has 0 amide bonds. The van der Waals surface area contributed by atoms with Gasteiger partial charge in [0.1, 0.15) is 0 Å². The molecule has 0 aliphatic carbocycles. The van der Waals surface area contributed by atoms with E-state index in [1.54, 1.807) is 6.07 Å². The average Bonchev–Trinajstić information content (AvgIpc) is 2.62. The number of benzene rings is 3. The standard InChI is InChI=1S/C21H20F2N2/c1-14(16-10-11-19(22)20(23)13-16)25-21(15-6-3-2-4-7-15)17-8-5-9-18(24)12-17/h2-14,21,25H,24H2,1H3. The lowest BCUT2D eigenvalue weighted by molar-refractivity contribution is 0.490. The molecule has 0 saturated heterocycles. The number of halogens is 2. The highest BCUT2D eigenvalue weighted by Crippen LogP contribution is 2.27. The Morgan fingerprint density at radius 1 is 0.760 bits per heavy atom. The number of hydrogen-bond acceptors (Lipinski definition) is 2. The predicted octanol–water partition coefficient (Wildman–Crippen LogP) is 4.99. The van der Waals surface area contributed by atoms with Crippen LogP contribution in [-0.2, 0) is 0 Å². The molecule has 0 aliphatic heterocycles. The van der Waals surface area contributed by atoms with Gasteiger partial charge in [-0.3, -0.25) is 5.32 Å². The van der Waals surface area contributed by atoms with E-state index in [4.69, 9.17) is 5.73 Å². The van der Waals surface area contributed by atoms with E-state index >= 15 is 0 Å². The lowest BCUT2D eigenvalue weighted by atomic mass is 9.96. The summed E-state index contributed by atoms with van der Waals surface area (Å²) in [4.78, 5) is 0. The number of nitrogens with one attached hydrogen (secondary N) is 1. The molecule has 3 N–H and O–H groups in total. The van der Waals surface area contributed by atoms with Crippen LogP contribution in [0, 0.1) is 11.6 Å². The number of nitrogen functional groups attached to an aromatic ring is 1. The van der Waals surface area contributed by atoms with Gasteiger partial charge in [0.25, 0.3) is 0 Å². The van der Waals surface area contributed by atoms with Gasteiger partial charge < -0.3 is 5.73 Å². The first-order chi connectivity index (χ1) is 12.0. The molecule has 3 aromatic rings. The zero-order chi connectivity index (χ0) is 17.8. The van der Waals surface area contributed by atoms with E-state index in [1.165, 1.54) is 6.07 Å². The molecule has 3 aromatic carbocycles. The molecule has 2 atom stereocenters. The smallest absolute Gasteiger partial charge is 0.159 e. The van der Waals surface area contributed by atoms with Crippen molar-refractivity contribution >= 4 is 5.69 Å². The van der Waals surface area contributed by atoms with Crippen molar-refractivity contribution in [3.8, 4) is 0 Å². The van der Waals surface area contributed by atoms with Gasteiger partial charge in [-0.05, 0) is 47.9 Å². The highest BCUT2D eigenvalue weighted by Gasteiger charge is 2.18. The van der Waals surface area contributed by atoms with Crippen LogP contribution >= 0.6 is 0 Å². The highest BCUT2D eigenvalue weighted by atomic mass is 19.2. The SMILES string of the molecule is CC(NC(c1ccccc1)c1cccc(N)c1)c1ccc(F)c(F)c1. The van der Waals surface area contributed by atoms with E-state index in [2.05, 4.69) is 5.32 Å². The third-order valence-electron chi connectivity index (χ3n) is 4.24. The molecule has 0 heterocycles. The Kier molecular flexibility index (Phi) is 5.10. The molecule has 0 radical (unpaired) electrons. The van der Waals surface area contributed by atoms with Crippen LogP contribution in [0.1, 0.15) is 35.7 Å². The lowest BCUT2D eigenvalue weighted by Gasteiger charge is -2.25. The minimum absolute atomic E-state index is 0.118. The number of rotatable bonds is 5. The fourth-order valence-electron chi connectivity index (χ4n) is 2.90. The van der Waals surface area contributed by atoms with Crippen LogP contribution in [0.15, 0.2) is 72.8 Å². The highest BCUT2D eigenvalue weighted by molar-refractivity contribution is 5.44. The fraction of sp³-hybridized carbons (Fsp3) is 0.143. The second-order valence-corrected chi connectivity index (χ2v) is 6.08. The maximum atomic E-state index is 13.6. The quantitative estimate of drug-likeness (QED) is 0.643. The second kappa shape index (κ2) is 7.45. The van der Waals surface area contributed by atoms with E-state index in [9.17, 15) is 8.78 Å². The third-order valence-corrected chi connectivity index (χ3v) is 4.24. The van der Waals surface area contributed by atoms with Crippen LogP contribution in [0.5, 0.6) is 0 Å². The number of nitrogens with two attached hydrogens (primary N) is 1. The zero-order valence-electron chi connectivity index (χ0n) is 13.9. The van der Waals surface area contributed by atoms with Gasteiger partial charge in [0.05, 0.1) is 6.04 Å². The third kappa shape index (κ3) is 4.03. The van der Waals surface area contributed by atoms with E-state index in [-0.39, 0.29) is 12.1 Å². The molecule has 0 spiro atoms. The van der Waals surface area contributed by atoms with Crippen LogP contribution in [0.3, 0.4) is 0 Å². The molecule has 2 nitrogen and oxygen atoms in total. The minimum atomic E-state index is -0.841. The maximum Gasteiger partial charge on any atom is 0.159 e. The Morgan fingerprint density at radius 2 is 1.48 bits per heavy atom. The van der Waals surface area contributed by atoms with Crippen molar-refractivity contribution in [2.75, 3.05) is 5.73 Å². The van der Waals surface area contributed by atoms with Crippen molar-refractivity contribution in [1.29, 1.82) is 0 Å².